The smallest absolute Gasteiger partial charge is 0.240 e. The van der Waals surface area contributed by atoms with Gasteiger partial charge in [0.05, 0.1) is 21.3 Å². The van der Waals surface area contributed by atoms with E-state index in [0.29, 0.717) is 17.2 Å². The van der Waals surface area contributed by atoms with Gasteiger partial charge < -0.3 is 5.32 Å². The summed E-state index contributed by atoms with van der Waals surface area (Å²) in [6, 6.07) is 24.3. The lowest BCUT2D eigenvalue weighted by atomic mass is 9.87. The van der Waals surface area contributed by atoms with E-state index in [0.717, 1.165) is 38.2 Å². The molecule has 0 aliphatic rings. The van der Waals surface area contributed by atoms with Crippen LogP contribution in [0.4, 0.5) is 5.82 Å². The van der Waals surface area contributed by atoms with Gasteiger partial charge in [-0.1, -0.05) is 87.0 Å². The number of fused-ring (bicyclic) bond motifs is 1. The maximum Gasteiger partial charge on any atom is 0.240 e. The maximum atomic E-state index is 12.9. The average molecular weight is 639 g/mol. The first-order valence-electron chi connectivity index (χ1n) is 12.7. The van der Waals surface area contributed by atoms with Crippen LogP contribution < -0.4 is 10.0 Å². The monoisotopic (exact) mass is 637 g/mol. The van der Waals surface area contributed by atoms with E-state index in [2.05, 4.69) is 51.8 Å². The van der Waals surface area contributed by atoms with E-state index in [9.17, 15) is 8.42 Å². The normalized spacial score (nSPS) is 12.1. The van der Waals surface area contributed by atoms with Gasteiger partial charge in [0.2, 0.25) is 10.0 Å². The standard InChI is InChI=1S/C30H29BrClN5O2S/c1-30(2,3)22-11-13-23(14-12-22)40(38,39)35-18-21-8-6-7-20(15-21)17-33-28-16-27(24-9-4-5-10-26(24)32)36-29-25(31)19-34-37(28)29/h4-16,19,33,35H,17-18H2,1-3H3. The van der Waals surface area contributed by atoms with Gasteiger partial charge >= 0.3 is 0 Å². The maximum absolute atomic E-state index is 12.9. The Balaban J connectivity index is 1.31. The van der Waals surface area contributed by atoms with E-state index in [1.165, 1.54) is 0 Å². The third kappa shape index (κ3) is 6.23. The number of anilines is 1. The molecule has 0 bridgehead atoms. The molecule has 0 fully saturated rings. The van der Waals surface area contributed by atoms with Gasteiger partial charge in [0.1, 0.15) is 5.82 Å². The molecule has 0 atom stereocenters. The van der Waals surface area contributed by atoms with Gasteiger partial charge in [-0.15, -0.1) is 0 Å². The zero-order valence-electron chi connectivity index (χ0n) is 22.3. The molecule has 7 nitrogen and oxygen atoms in total. The highest BCUT2D eigenvalue weighted by Gasteiger charge is 2.18. The number of rotatable bonds is 8. The molecule has 3 aromatic carbocycles. The van der Waals surface area contributed by atoms with Crippen molar-refractivity contribution >= 4 is 49.0 Å². The van der Waals surface area contributed by atoms with Gasteiger partial charge in [-0.3, -0.25) is 0 Å². The molecule has 40 heavy (non-hydrogen) atoms. The second-order valence-electron chi connectivity index (χ2n) is 10.5. The Kier molecular flexibility index (Phi) is 8.01. The molecule has 5 aromatic rings. The predicted molar refractivity (Wildman–Crippen MR) is 164 cm³/mol. The van der Waals surface area contributed by atoms with Crippen LogP contribution >= 0.6 is 27.5 Å². The fourth-order valence-corrected chi connectivity index (χ4v) is 5.91. The zero-order chi connectivity index (χ0) is 28.5. The van der Waals surface area contributed by atoms with Crippen LogP contribution in [-0.4, -0.2) is 23.0 Å². The molecular formula is C30H29BrClN5O2S. The van der Waals surface area contributed by atoms with Gasteiger partial charge in [-0.2, -0.15) is 9.61 Å². The van der Waals surface area contributed by atoms with Crippen molar-refractivity contribution in [3.8, 4) is 11.3 Å². The molecule has 5 rings (SSSR count). The van der Waals surface area contributed by atoms with Crippen LogP contribution in [0.15, 0.2) is 94.4 Å². The van der Waals surface area contributed by atoms with E-state index >= 15 is 0 Å². The first-order chi connectivity index (χ1) is 19.0. The molecule has 0 saturated carbocycles. The summed E-state index contributed by atoms with van der Waals surface area (Å²) in [5.41, 5.74) is 5.09. The molecule has 0 spiro atoms. The highest BCUT2D eigenvalue weighted by atomic mass is 79.9. The second-order valence-corrected chi connectivity index (χ2v) is 13.5. The van der Waals surface area contributed by atoms with E-state index in [1.54, 1.807) is 22.8 Å². The van der Waals surface area contributed by atoms with Crippen molar-refractivity contribution in [1.82, 2.24) is 19.3 Å². The van der Waals surface area contributed by atoms with Crippen molar-refractivity contribution in [3.63, 3.8) is 0 Å². The summed E-state index contributed by atoms with van der Waals surface area (Å²) in [6.07, 6.45) is 1.70. The number of nitrogens with zero attached hydrogens (tertiary/aromatic N) is 3. The molecule has 0 aliphatic carbocycles. The van der Waals surface area contributed by atoms with Gasteiger partial charge in [-0.05, 0) is 56.2 Å². The molecule has 0 radical (unpaired) electrons. The van der Waals surface area contributed by atoms with Crippen LogP contribution in [0.3, 0.4) is 0 Å². The van der Waals surface area contributed by atoms with Gasteiger partial charge in [0.15, 0.2) is 5.65 Å². The molecular weight excluding hydrogens is 610 g/mol. The summed E-state index contributed by atoms with van der Waals surface area (Å²) in [5.74, 6) is 0.746. The minimum absolute atomic E-state index is 0.0453. The van der Waals surface area contributed by atoms with Crippen molar-refractivity contribution in [2.24, 2.45) is 0 Å². The number of sulfonamides is 1. The summed E-state index contributed by atoms with van der Waals surface area (Å²) in [5, 5.41) is 8.50. The Bertz CT molecular complexity index is 1780. The Labute approximate surface area is 247 Å². The SMILES string of the molecule is CC(C)(C)c1ccc(S(=O)(=O)NCc2cccc(CNc3cc(-c4ccccc4Cl)nc4c(Br)cnn34)c2)cc1. The first kappa shape index (κ1) is 28.3. The number of hydrogen-bond donors (Lipinski definition) is 2. The minimum atomic E-state index is -3.64. The number of nitrogens with one attached hydrogen (secondary N) is 2. The molecule has 10 heteroatoms. The summed E-state index contributed by atoms with van der Waals surface area (Å²) < 4.78 is 31.0. The van der Waals surface area contributed by atoms with Crippen LogP contribution in [-0.2, 0) is 28.5 Å². The van der Waals surface area contributed by atoms with Crippen molar-refractivity contribution < 1.29 is 8.42 Å². The molecule has 0 amide bonds. The van der Waals surface area contributed by atoms with E-state index in [-0.39, 0.29) is 16.9 Å². The predicted octanol–water partition coefficient (Wildman–Crippen LogP) is 7.20. The Morgan fingerprint density at radius 1 is 0.925 bits per heavy atom. The molecule has 206 valence electrons. The lowest BCUT2D eigenvalue weighted by Crippen LogP contribution is -2.23. The van der Waals surface area contributed by atoms with Crippen molar-refractivity contribution in [2.75, 3.05) is 5.32 Å². The Morgan fingerprint density at radius 2 is 1.62 bits per heavy atom. The minimum Gasteiger partial charge on any atom is -0.366 e. The summed E-state index contributed by atoms with van der Waals surface area (Å²) in [4.78, 5) is 5.00. The van der Waals surface area contributed by atoms with Gasteiger partial charge in [0, 0.05) is 29.7 Å². The fraction of sp³-hybridized carbons (Fsp3) is 0.200. The van der Waals surface area contributed by atoms with Crippen LogP contribution in [0.25, 0.3) is 16.9 Å². The van der Waals surface area contributed by atoms with E-state index < -0.39 is 10.0 Å². The molecule has 2 N–H and O–H groups in total. The summed E-state index contributed by atoms with van der Waals surface area (Å²) in [7, 11) is -3.64. The van der Waals surface area contributed by atoms with Gasteiger partial charge in [0.25, 0.3) is 0 Å². The first-order valence-corrected chi connectivity index (χ1v) is 15.4. The van der Waals surface area contributed by atoms with Crippen LogP contribution in [0.5, 0.6) is 0 Å². The summed E-state index contributed by atoms with van der Waals surface area (Å²) >= 11 is 9.98. The molecule has 0 saturated heterocycles. The van der Waals surface area contributed by atoms with Crippen molar-refractivity contribution in [2.45, 2.75) is 44.2 Å². The second kappa shape index (κ2) is 11.3. The highest BCUT2D eigenvalue weighted by Crippen LogP contribution is 2.30. The number of benzene rings is 3. The molecule has 2 aromatic heterocycles. The van der Waals surface area contributed by atoms with Crippen LogP contribution in [0, 0.1) is 0 Å². The van der Waals surface area contributed by atoms with Crippen molar-refractivity contribution in [3.05, 3.63) is 111 Å². The highest BCUT2D eigenvalue weighted by molar-refractivity contribution is 9.10. The topological polar surface area (TPSA) is 88.4 Å². The molecule has 0 aliphatic heterocycles. The number of halogens is 2. The van der Waals surface area contributed by atoms with E-state index in [4.69, 9.17) is 16.6 Å². The molecule has 2 heterocycles. The zero-order valence-corrected chi connectivity index (χ0v) is 25.5. The lowest BCUT2D eigenvalue weighted by Gasteiger charge is -2.19. The fourth-order valence-electron chi connectivity index (χ4n) is 4.31. The quantitative estimate of drug-likeness (QED) is 0.188. The van der Waals surface area contributed by atoms with E-state index in [1.807, 2.05) is 66.7 Å². The third-order valence-electron chi connectivity index (χ3n) is 6.54. The largest absolute Gasteiger partial charge is 0.366 e. The van der Waals surface area contributed by atoms with Gasteiger partial charge in [-0.25, -0.2) is 18.1 Å². The number of aromatic nitrogens is 3. The Hall–Kier alpha value is -3.24. The molecule has 0 unspecified atom stereocenters. The lowest BCUT2D eigenvalue weighted by molar-refractivity contribution is 0.578. The summed E-state index contributed by atoms with van der Waals surface area (Å²) in [6.45, 7) is 6.96. The van der Waals surface area contributed by atoms with Crippen molar-refractivity contribution in [1.29, 1.82) is 0 Å². The number of hydrogen-bond acceptors (Lipinski definition) is 5. The third-order valence-corrected chi connectivity index (χ3v) is 8.85. The Morgan fingerprint density at radius 3 is 2.33 bits per heavy atom. The van der Waals surface area contributed by atoms with Crippen LogP contribution in [0.1, 0.15) is 37.5 Å². The van der Waals surface area contributed by atoms with Crippen LogP contribution in [0.2, 0.25) is 5.02 Å². The average Bonchev–Trinajstić information content (AvgIpc) is 3.31.